The molecular formula is C16H19BrClNS. The number of halogens is 2. The average Bonchev–Trinajstić information content (AvgIpc) is 2.71. The van der Waals surface area contributed by atoms with Crippen LogP contribution in [0.3, 0.4) is 0 Å². The largest absolute Gasteiger partial charge is 0.306 e. The summed E-state index contributed by atoms with van der Waals surface area (Å²) < 4.78 is 1.19. The predicted molar refractivity (Wildman–Crippen MR) is 93.2 cm³/mol. The van der Waals surface area contributed by atoms with Gasteiger partial charge in [-0.05, 0) is 77.6 Å². The van der Waals surface area contributed by atoms with Gasteiger partial charge < -0.3 is 5.32 Å². The van der Waals surface area contributed by atoms with Gasteiger partial charge in [0, 0.05) is 9.90 Å². The van der Waals surface area contributed by atoms with Crippen LogP contribution >= 0.6 is 38.9 Å². The smallest absolute Gasteiger partial charge is 0.0731 e. The Labute approximate surface area is 138 Å². The van der Waals surface area contributed by atoms with Gasteiger partial charge in [0.15, 0.2) is 0 Å². The van der Waals surface area contributed by atoms with Crippen molar-refractivity contribution in [3.63, 3.8) is 0 Å². The van der Waals surface area contributed by atoms with Crippen molar-refractivity contribution in [2.24, 2.45) is 0 Å². The van der Waals surface area contributed by atoms with Gasteiger partial charge in [-0.3, -0.25) is 0 Å². The quantitative estimate of drug-likeness (QED) is 0.716. The van der Waals surface area contributed by atoms with E-state index in [9.17, 15) is 0 Å². The Bertz CT molecular complexity index is 602. The normalized spacial score (nSPS) is 12.7. The van der Waals surface area contributed by atoms with E-state index in [0.717, 1.165) is 17.1 Å². The van der Waals surface area contributed by atoms with Crippen LogP contribution in [0.15, 0.2) is 22.0 Å². The average molecular weight is 373 g/mol. The Morgan fingerprint density at radius 1 is 1.15 bits per heavy atom. The van der Waals surface area contributed by atoms with Gasteiger partial charge in [-0.1, -0.05) is 24.6 Å². The van der Waals surface area contributed by atoms with Crippen molar-refractivity contribution in [2.45, 2.75) is 33.7 Å². The molecule has 1 heterocycles. The maximum absolute atomic E-state index is 6.48. The summed E-state index contributed by atoms with van der Waals surface area (Å²) in [5, 5.41) is 4.38. The number of thiophene rings is 1. The molecule has 0 bridgehead atoms. The summed E-state index contributed by atoms with van der Waals surface area (Å²) in [6, 6.07) is 6.65. The molecule has 2 rings (SSSR count). The van der Waals surface area contributed by atoms with Gasteiger partial charge in [0.25, 0.3) is 0 Å². The van der Waals surface area contributed by atoms with E-state index in [4.69, 9.17) is 11.6 Å². The molecule has 0 spiro atoms. The zero-order valence-electron chi connectivity index (χ0n) is 12.2. The van der Waals surface area contributed by atoms with Crippen molar-refractivity contribution in [3.8, 4) is 0 Å². The lowest BCUT2D eigenvalue weighted by Crippen LogP contribution is -2.21. The molecule has 0 aliphatic heterocycles. The van der Waals surface area contributed by atoms with Crippen molar-refractivity contribution in [1.29, 1.82) is 0 Å². The van der Waals surface area contributed by atoms with Crippen LogP contribution in [-0.2, 0) is 0 Å². The molecule has 1 aromatic carbocycles. The van der Waals surface area contributed by atoms with E-state index >= 15 is 0 Å². The Morgan fingerprint density at radius 3 is 2.35 bits per heavy atom. The lowest BCUT2D eigenvalue weighted by Gasteiger charge is -2.19. The van der Waals surface area contributed by atoms with Gasteiger partial charge in [-0.25, -0.2) is 0 Å². The Morgan fingerprint density at radius 2 is 1.80 bits per heavy atom. The number of nitrogens with one attached hydrogen (secondary N) is 1. The van der Waals surface area contributed by atoms with E-state index < -0.39 is 0 Å². The lowest BCUT2D eigenvalue weighted by atomic mass is 9.99. The number of hydrogen-bond donors (Lipinski definition) is 1. The van der Waals surface area contributed by atoms with E-state index in [1.54, 1.807) is 11.3 Å². The van der Waals surface area contributed by atoms with Gasteiger partial charge in [-0.2, -0.15) is 0 Å². The third kappa shape index (κ3) is 3.28. The molecule has 1 nitrogen and oxygen atoms in total. The third-order valence-corrected chi connectivity index (χ3v) is 6.02. The molecular weight excluding hydrogens is 354 g/mol. The van der Waals surface area contributed by atoms with Crippen molar-refractivity contribution in [3.05, 3.63) is 54.1 Å². The van der Waals surface area contributed by atoms with Crippen LogP contribution in [0.2, 0.25) is 5.02 Å². The molecule has 0 amide bonds. The highest BCUT2D eigenvalue weighted by Gasteiger charge is 2.19. The summed E-state index contributed by atoms with van der Waals surface area (Å²) in [6.07, 6.45) is 0. The Hall–Kier alpha value is -0.350. The van der Waals surface area contributed by atoms with E-state index in [2.05, 4.69) is 67.1 Å². The van der Waals surface area contributed by atoms with Gasteiger partial charge in [0.1, 0.15) is 0 Å². The van der Waals surface area contributed by atoms with Crippen LogP contribution in [0.1, 0.15) is 40.1 Å². The van der Waals surface area contributed by atoms with Crippen LogP contribution < -0.4 is 5.32 Å². The molecule has 0 fully saturated rings. The standard InChI is InChI=1S/C16H19BrClNS/c1-5-19-15(14-8-11(4)16(17)20-14)12-6-9(2)10(3)7-13(12)18/h6-8,15,19H,5H2,1-4H3. The minimum Gasteiger partial charge on any atom is -0.306 e. The second-order valence-electron chi connectivity index (χ2n) is 5.05. The highest BCUT2D eigenvalue weighted by molar-refractivity contribution is 9.11. The fourth-order valence-electron chi connectivity index (χ4n) is 2.22. The van der Waals surface area contributed by atoms with Crippen molar-refractivity contribution < 1.29 is 0 Å². The molecule has 1 N–H and O–H groups in total. The van der Waals surface area contributed by atoms with E-state index in [0.29, 0.717) is 0 Å². The fourth-order valence-corrected chi connectivity index (χ4v) is 4.21. The van der Waals surface area contributed by atoms with E-state index in [1.807, 2.05) is 0 Å². The minimum atomic E-state index is 0.154. The van der Waals surface area contributed by atoms with Gasteiger partial charge in [0.2, 0.25) is 0 Å². The summed E-state index contributed by atoms with van der Waals surface area (Å²) in [5.41, 5.74) is 4.94. The monoisotopic (exact) mass is 371 g/mol. The van der Waals surface area contributed by atoms with Gasteiger partial charge >= 0.3 is 0 Å². The maximum Gasteiger partial charge on any atom is 0.0731 e. The number of rotatable bonds is 4. The highest BCUT2D eigenvalue weighted by atomic mass is 79.9. The molecule has 4 heteroatoms. The molecule has 0 radical (unpaired) electrons. The van der Waals surface area contributed by atoms with Crippen LogP contribution in [0, 0.1) is 20.8 Å². The first-order valence-corrected chi connectivity index (χ1v) is 8.68. The second-order valence-corrected chi connectivity index (χ2v) is 7.86. The molecule has 2 aromatic rings. The predicted octanol–water partition coefficient (Wildman–Crippen LogP) is 5.79. The Kier molecular flexibility index (Phi) is 5.30. The van der Waals surface area contributed by atoms with Crippen LogP contribution in [0.25, 0.3) is 0 Å². The number of aryl methyl sites for hydroxylation is 3. The molecule has 1 atom stereocenters. The van der Waals surface area contributed by atoms with Crippen molar-refractivity contribution >= 4 is 38.9 Å². The molecule has 1 unspecified atom stereocenters. The van der Waals surface area contributed by atoms with Crippen LogP contribution in [0.5, 0.6) is 0 Å². The van der Waals surface area contributed by atoms with E-state index in [-0.39, 0.29) is 6.04 Å². The maximum atomic E-state index is 6.48. The summed E-state index contributed by atoms with van der Waals surface area (Å²) in [5.74, 6) is 0. The zero-order chi connectivity index (χ0) is 14.9. The van der Waals surface area contributed by atoms with E-state index in [1.165, 1.54) is 25.4 Å². The molecule has 108 valence electrons. The summed E-state index contributed by atoms with van der Waals surface area (Å²) >= 11 is 11.9. The second kappa shape index (κ2) is 6.61. The third-order valence-electron chi connectivity index (χ3n) is 3.49. The zero-order valence-corrected chi connectivity index (χ0v) is 15.3. The van der Waals surface area contributed by atoms with Crippen molar-refractivity contribution in [2.75, 3.05) is 6.54 Å². The summed E-state index contributed by atoms with van der Waals surface area (Å²) in [6.45, 7) is 9.38. The van der Waals surface area contributed by atoms with Gasteiger partial charge in [-0.15, -0.1) is 11.3 Å². The van der Waals surface area contributed by atoms with Crippen LogP contribution in [0.4, 0.5) is 0 Å². The fraction of sp³-hybridized carbons (Fsp3) is 0.375. The molecule has 0 saturated heterocycles. The van der Waals surface area contributed by atoms with Crippen molar-refractivity contribution in [1.82, 2.24) is 5.32 Å². The summed E-state index contributed by atoms with van der Waals surface area (Å²) in [7, 11) is 0. The first-order chi connectivity index (χ1) is 9.43. The van der Waals surface area contributed by atoms with Crippen LogP contribution in [-0.4, -0.2) is 6.54 Å². The van der Waals surface area contributed by atoms with Gasteiger partial charge in [0.05, 0.1) is 9.83 Å². The number of benzene rings is 1. The first-order valence-electron chi connectivity index (χ1n) is 6.69. The summed E-state index contributed by atoms with van der Waals surface area (Å²) in [4.78, 5) is 1.29. The highest BCUT2D eigenvalue weighted by Crippen LogP contribution is 2.37. The lowest BCUT2D eigenvalue weighted by molar-refractivity contribution is 0.639. The Balaban J connectivity index is 2.50. The first kappa shape index (κ1) is 16.0. The number of hydrogen-bond acceptors (Lipinski definition) is 2. The molecule has 0 saturated carbocycles. The molecule has 0 aliphatic rings. The molecule has 1 aromatic heterocycles. The topological polar surface area (TPSA) is 12.0 Å². The molecule has 20 heavy (non-hydrogen) atoms. The molecule has 0 aliphatic carbocycles. The minimum absolute atomic E-state index is 0.154. The SMILES string of the molecule is CCNC(c1cc(C)c(Br)s1)c1cc(C)c(C)cc1Cl.